The van der Waals surface area contributed by atoms with E-state index in [0.29, 0.717) is 5.95 Å². The van der Waals surface area contributed by atoms with Gasteiger partial charge in [0.1, 0.15) is 0 Å². The standard InChI is InChI=1S/C17H19N3OSe/c1-10-5-7-11(8-6-10)13-9-12-14(22-13)15(21)19-16(18-12)20-17(2,3)4/h5-9H,1-4H3,(H2,18,19,20,21). The quantitative estimate of drug-likeness (QED) is 0.690. The van der Waals surface area contributed by atoms with Crippen LogP contribution in [-0.2, 0) is 0 Å². The van der Waals surface area contributed by atoms with Crippen LogP contribution in [0.3, 0.4) is 0 Å². The number of aryl methyl sites for hydroxylation is 1. The molecule has 3 rings (SSSR count). The topological polar surface area (TPSA) is 57.8 Å². The Bertz CT molecular complexity index is 870. The Morgan fingerprint density at radius 2 is 1.86 bits per heavy atom. The zero-order chi connectivity index (χ0) is 15.9. The average Bonchev–Trinajstić information content (AvgIpc) is 2.82. The summed E-state index contributed by atoms with van der Waals surface area (Å²) in [6.07, 6.45) is 0. The Morgan fingerprint density at radius 3 is 2.50 bits per heavy atom. The molecule has 0 saturated carbocycles. The molecule has 0 bridgehead atoms. The third-order valence-electron chi connectivity index (χ3n) is 3.21. The Balaban J connectivity index is 2.08. The number of benzene rings is 1. The molecule has 22 heavy (non-hydrogen) atoms. The summed E-state index contributed by atoms with van der Waals surface area (Å²) in [6.45, 7) is 8.19. The van der Waals surface area contributed by atoms with Gasteiger partial charge in [0, 0.05) is 0 Å². The molecule has 0 fully saturated rings. The fourth-order valence-corrected chi connectivity index (χ4v) is 4.31. The molecule has 0 aliphatic heterocycles. The van der Waals surface area contributed by atoms with Crippen LogP contribution in [0, 0.1) is 6.92 Å². The van der Waals surface area contributed by atoms with Crippen molar-refractivity contribution in [3.8, 4) is 10.0 Å². The van der Waals surface area contributed by atoms with Crippen LogP contribution in [0.5, 0.6) is 0 Å². The van der Waals surface area contributed by atoms with Crippen LogP contribution in [0.4, 0.5) is 5.95 Å². The van der Waals surface area contributed by atoms with Crippen molar-refractivity contribution in [2.75, 3.05) is 5.32 Å². The maximum absolute atomic E-state index is 12.3. The van der Waals surface area contributed by atoms with Crippen LogP contribution in [-0.4, -0.2) is 30.0 Å². The van der Waals surface area contributed by atoms with E-state index in [1.807, 2.05) is 26.8 Å². The van der Waals surface area contributed by atoms with E-state index in [2.05, 4.69) is 46.5 Å². The van der Waals surface area contributed by atoms with E-state index >= 15 is 0 Å². The molecule has 0 spiro atoms. The summed E-state index contributed by atoms with van der Waals surface area (Å²) >= 11 is 0.00539. The SMILES string of the molecule is Cc1ccc(-c2cc3nc(NC(C)(C)C)[nH]c(=O)c3[se]2)cc1. The minimum atomic E-state index is -0.141. The molecule has 2 aromatic heterocycles. The van der Waals surface area contributed by atoms with Crippen LogP contribution < -0.4 is 10.9 Å². The van der Waals surface area contributed by atoms with Crippen LogP contribution in [0.2, 0.25) is 0 Å². The predicted octanol–water partition coefficient (Wildman–Crippen LogP) is 3.17. The second-order valence-corrected chi connectivity index (χ2v) is 8.69. The van der Waals surface area contributed by atoms with Crippen molar-refractivity contribution in [2.24, 2.45) is 0 Å². The van der Waals surface area contributed by atoms with E-state index < -0.39 is 0 Å². The molecule has 0 aliphatic rings. The first-order valence-electron chi connectivity index (χ1n) is 7.21. The van der Waals surface area contributed by atoms with Crippen molar-refractivity contribution in [2.45, 2.75) is 33.2 Å². The summed E-state index contributed by atoms with van der Waals surface area (Å²) in [5.41, 5.74) is 3.03. The number of nitrogens with one attached hydrogen (secondary N) is 2. The first kappa shape index (κ1) is 15.1. The Morgan fingerprint density at radius 1 is 1.18 bits per heavy atom. The Labute approximate surface area is 135 Å². The van der Waals surface area contributed by atoms with E-state index in [1.54, 1.807) is 0 Å². The molecule has 4 nitrogen and oxygen atoms in total. The molecule has 114 valence electrons. The molecule has 0 aliphatic carbocycles. The first-order chi connectivity index (χ1) is 10.3. The van der Waals surface area contributed by atoms with Gasteiger partial charge in [-0.2, -0.15) is 0 Å². The van der Waals surface area contributed by atoms with Gasteiger partial charge in [0.05, 0.1) is 0 Å². The average molecular weight is 360 g/mol. The number of anilines is 1. The van der Waals surface area contributed by atoms with Crippen molar-refractivity contribution < 1.29 is 0 Å². The third-order valence-corrected chi connectivity index (χ3v) is 5.67. The molecule has 0 saturated heterocycles. The normalized spacial score (nSPS) is 11.8. The van der Waals surface area contributed by atoms with Crippen molar-refractivity contribution in [1.29, 1.82) is 0 Å². The van der Waals surface area contributed by atoms with E-state index in [1.165, 1.54) is 15.6 Å². The van der Waals surface area contributed by atoms with Crippen LogP contribution in [0.1, 0.15) is 26.3 Å². The van der Waals surface area contributed by atoms with Gasteiger partial charge >= 0.3 is 135 Å². The first-order valence-corrected chi connectivity index (χ1v) is 8.92. The van der Waals surface area contributed by atoms with E-state index in [-0.39, 0.29) is 25.6 Å². The summed E-state index contributed by atoms with van der Waals surface area (Å²) in [6, 6.07) is 10.5. The fraction of sp³-hybridized carbons (Fsp3) is 0.294. The number of hydrogen-bond acceptors (Lipinski definition) is 3. The van der Waals surface area contributed by atoms with Crippen LogP contribution >= 0.6 is 0 Å². The fourth-order valence-electron chi connectivity index (χ4n) is 2.21. The van der Waals surface area contributed by atoms with Gasteiger partial charge in [-0.25, -0.2) is 0 Å². The zero-order valence-electron chi connectivity index (χ0n) is 13.2. The molecule has 2 heterocycles. The minimum absolute atomic E-state index is 0.00539. The molecule has 1 aromatic carbocycles. The molecule has 3 aromatic rings. The molecule has 0 atom stereocenters. The number of nitrogens with zero attached hydrogens (tertiary/aromatic N) is 1. The molecular weight excluding hydrogens is 341 g/mol. The van der Waals surface area contributed by atoms with E-state index in [9.17, 15) is 4.79 Å². The van der Waals surface area contributed by atoms with E-state index in [0.717, 1.165) is 9.78 Å². The van der Waals surface area contributed by atoms with E-state index in [4.69, 9.17) is 0 Å². The Hall–Kier alpha value is -1.84. The van der Waals surface area contributed by atoms with Gasteiger partial charge in [-0.1, -0.05) is 0 Å². The van der Waals surface area contributed by atoms with Crippen molar-refractivity contribution in [3.63, 3.8) is 0 Å². The summed E-state index contributed by atoms with van der Waals surface area (Å²) < 4.78 is 2.01. The monoisotopic (exact) mass is 361 g/mol. The summed E-state index contributed by atoms with van der Waals surface area (Å²) in [7, 11) is 0. The number of fused-ring (bicyclic) bond motifs is 1. The maximum atomic E-state index is 12.3. The number of aromatic amines is 1. The zero-order valence-corrected chi connectivity index (χ0v) is 14.9. The number of hydrogen-bond donors (Lipinski definition) is 2. The van der Waals surface area contributed by atoms with Gasteiger partial charge in [0.2, 0.25) is 0 Å². The predicted molar refractivity (Wildman–Crippen MR) is 92.9 cm³/mol. The van der Waals surface area contributed by atoms with Crippen molar-refractivity contribution in [3.05, 3.63) is 46.2 Å². The van der Waals surface area contributed by atoms with Gasteiger partial charge in [-0.05, 0) is 0 Å². The number of rotatable bonds is 2. The number of H-pyrrole nitrogens is 1. The molecule has 5 heteroatoms. The molecule has 0 unspecified atom stereocenters. The summed E-state index contributed by atoms with van der Waals surface area (Å²) in [5.74, 6) is 0.536. The molecule has 2 N–H and O–H groups in total. The molecule has 0 amide bonds. The Kier molecular flexibility index (Phi) is 3.71. The van der Waals surface area contributed by atoms with Crippen LogP contribution in [0.25, 0.3) is 19.8 Å². The van der Waals surface area contributed by atoms with Crippen molar-refractivity contribution in [1.82, 2.24) is 9.97 Å². The second kappa shape index (κ2) is 5.41. The van der Waals surface area contributed by atoms with Crippen molar-refractivity contribution >= 4 is 30.2 Å². The van der Waals surface area contributed by atoms with Gasteiger partial charge in [0.15, 0.2) is 0 Å². The second-order valence-electron chi connectivity index (χ2n) is 6.48. The van der Waals surface area contributed by atoms with Gasteiger partial charge in [-0.15, -0.1) is 0 Å². The summed E-state index contributed by atoms with van der Waals surface area (Å²) in [4.78, 5) is 19.7. The van der Waals surface area contributed by atoms with Gasteiger partial charge in [-0.3, -0.25) is 0 Å². The van der Waals surface area contributed by atoms with Gasteiger partial charge < -0.3 is 0 Å². The van der Waals surface area contributed by atoms with Crippen LogP contribution in [0.15, 0.2) is 35.1 Å². The molecule has 0 radical (unpaired) electrons. The summed E-state index contributed by atoms with van der Waals surface area (Å²) in [5, 5.41) is 3.22. The molecular formula is C17H19N3OSe. The number of aromatic nitrogens is 2. The third kappa shape index (κ3) is 3.16. The van der Waals surface area contributed by atoms with Gasteiger partial charge in [0.25, 0.3) is 0 Å².